The smallest absolute Gasteiger partial charge is 0.411 e. The van der Waals surface area contributed by atoms with E-state index in [-0.39, 0.29) is 27.6 Å². The molecule has 0 atom stereocenters. The van der Waals surface area contributed by atoms with Crippen LogP contribution in [0, 0.1) is 0 Å². The zero-order valence-electron chi connectivity index (χ0n) is 43.5. The van der Waals surface area contributed by atoms with Crippen LogP contribution in [0.3, 0.4) is 0 Å². The van der Waals surface area contributed by atoms with Crippen LogP contribution in [-0.2, 0) is 39.2 Å². The average Bonchev–Trinajstić information content (AvgIpc) is 3.36. The second-order valence-corrected chi connectivity index (χ2v) is 22.7. The Labute approximate surface area is 445 Å². The molecule has 0 amide bonds. The van der Waals surface area contributed by atoms with E-state index in [2.05, 4.69) is 45.0 Å². The molecule has 7 nitrogen and oxygen atoms in total. The molecule has 0 aromatic heterocycles. The van der Waals surface area contributed by atoms with Crippen LogP contribution in [0.15, 0.2) is 193 Å². The first-order valence-corrected chi connectivity index (χ1v) is 26.2. The second kappa shape index (κ2) is 21.1. The lowest BCUT2D eigenvalue weighted by molar-refractivity contribution is -0.288. The van der Waals surface area contributed by atoms with E-state index in [0.29, 0.717) is 41.2 Å². The predicted octanol–water partition coefficient (Wildman–Crippen LogP) is 16.6. The summed E-state index contributed by atoms with van der Waals surface area (Å²) in [5, 5.41) is 8.13. The van der Waals surface area contributed by atoms with Crippen molar-refractivity contribution in [2.45, 2.75) is 100 Å². The van der Waals surface area contributed by atoms with Gasteiger partial charge in [-0.1, -0.05) is 144 Å². The normalized spacial score (nSPS) is 12.8. The lowest BCUT2D eigenvalue weighted by Crippen LogP contribution is -2.54. The summed E-state index contributed by atoms with van der Waals surface area (Å²) in [6, 6.07) is 49.0. The summed E-state index contributed by atoms with van der Waals surface area (Å²) in [7, 11) is -4.38. The van der Waals surface area contributed by atoms with Crippen molar-refractivity contribution in [1.29, 1.82) is 0 Å². The van der Waals surface area contributed by atoms with Gasteiger partial charge in [0.25, 0.3) is 15.9 Å². The largest absolute Gasteiger partial charge is 0.593 e. The summed E-state index contributed by atoms with van der Waals surface area (Å²) in [4.78, 5) is -0.254. The molecule has 0 saturated carbocycles. The van der Waals surface area contributed by atoms with Crippen molar-refractivity contribution in [3.05, 3.63) is 233 Å². The zero-order chi connectivity index (χ0) is 55.8. The Kier molecular flexibility index (Phi) is 15.3. The van der Waals surface area contributed by atoms with E-state index < -0.39 is 50.0 Å². The molecular formula is C63H59F6O7S+. The van der Waals surface area contributed by atoms with Gasteiger partial charge < -0.3 is 19.3 Å². The fourth-order valence-electron chi connectivity index (χ4n) is 9.20. The topological polar surface area (TPSA) is 105 Å². The maximum absolute atomic E-state index is 15.2. The molecule has 8 rings (SSSR count). The van der Waals surface area contributed by atoms with E-state index in [9.17, 15) is 13.0 Å². The minimum absolute atomic E-state index is 0.0280. The molecule has 400 valence electrons. The first-order valence-electron chi connectivity index (χ1n) is 24.7. The minimum Gasteiger partial charge on any atom is -0.593 e. The summed E-state index contributed by atoms with van der Waals surface area (Å²) in [5.74, 6) is 1.71. The standard InChI is InChI=1S/C63H58F6O7S/c1-58(2,3)46-18-8-41(9-19-46)38-43-12-27-51(28-13-43)74-52-31-22-48(23-32-52)61(62(64,65)66,63(67,68)69)49-24-33-54(34-25-49)76-60(6,7)59(4,5)47-20-10-42(11-21-47)39-44-14-29-53(30-15-44)75-57-37-26-50(70)40-56(57)45-16-35-55(36-17-45)77(71,72)73/h8-37,40,70H,38-39H2,1-7H3,(H,71,72,73)/p+1. The number of benzene rings is 8. The molecule has 14 heteroatoms. The van der Waals surface area contributed by atoms with Crippen LogP contribution in [-0.4, -0.2) is 36.0 Å². The van der Waals surface area contributed by atoms with E-state index in [0.717, 1.165) is 76.3 Å². The summed E-state index contributed by atoms with van der Waals surface area (Å²) >= 11 is 0. The average molecular weight is 1070 g/mol. The highest BCUT2D eigenvalue weighted by molar-refractivity contribution is 7.85. The number of rotatable bonds is 16. The van der Waals surface area contributed by atoms with E-state index in [1.807, 2.05) is 88.4 Å². The second-order valence-electron chi connectivity index (χ2n) is 21.2. The van der Waals surface area contributed by atoms with Gasteiger partial charge in [-0.25, -0.2) is 0 Å². The molecule has 0 aliphatic rings. The van der Waals surface area contributed by atoms with Crippen molar-refractivity contribution in [3.8, 4) is 45.6 Å². The Hall–Kier alpha value is -7.55. The van der Waals surface area contributed by atoms with Gasteiger partial charge in [-0.2, -0.15) is 34.8 Å². The minimum atomic E-state index is -5.79. The van der Waals surface area contributed by atoms with Crippen molar-refractivity contribution in [2.75, 3.05) is 0 Å². The van der Waals surface area contributed by atoms with Gasteiger partial charge in [0.1, 0.15) is 34.3 Å². The number of alkyl halides is 6. The Morgan fingerprint density at radius 3 is 1.25 bits per heavy atom. The van der Waals surface area contributed by atoms with Crippen LogP contribution < -0.4 is 14.2 Å². The summed E-state index contributed by atoms with van der Waals surface area (Å²) in [6.07, 6.45) is -10.3. The third-order valence-electron chi connectivity index (χ3n) is 14.4. The fraction of sp³-hybridized carbons (Fsp3) is 0.238. The molecule has 8 aromatic carbocycles. The van der Waals surface area contributed by atoms with E-state index in [1.54, 1.807) is 30.3 Å². The van der Waals surface area contributed by atoms with Gasteiger partial charge in [-0.3, -0.25) is 4.55 Å². The first-order chi connectivity index (χ1) is 36.0. The highest BCUT2D eigenvalue weighted by Gasteiger charge is 2.72. The molecule has 8 aromatic rings. The molecule has 0 radical (unpaired) electrons. The Morgan fingerprint density at radius 2 is 0.831 bits per heavy atom. The molecule has 0 bridgehead atoms. The highest BCUT2D eigenvalue weighted by Crippen LogP contribution is 2.57. The summed E-state index contributed by atoms with van der Waals surface area (Å²) in [5.41, 5.74) is -0.777. The molecule has 0 spiro atoms. The molecule has 77 heavy (non-hydrogen) atoms. The van der Waals surface area contributed by atoms with Crippen molar-refractivity contribution in [2.24, 2.45) is 0 Å². The lowest BCUT2D eigenvalue weighted by Gasteiger charge is -2.42. The van der Waals surface area contributed by atoms with Gasteiger partial charge in [0.15, 0.2) is 0 Å². The number of ether oxygens (including phenoxy) is 3. The lowest BCUT2D eigenvalue weighted by atomic mass is 9.71. The van der Waals surface area contributed by atoms with Crippen LogP contribution in [0.1, 0.15) is 93.0 Å². The summed E-state index contributed by atoms with van der Waals surface area (Å²) < 4.78 is 142. The highest BCUT2D eigenvalue weighted by atomic mass is 32.2. The van der Waals surface area contributed by atoms with Crippen molar-refractivity contribution < 1.29 is 58.6 Å². The van der Waals surface area contributed by atoms with Gasteiger partial charge in [0.2, 0.25) is 5.41 Å². The van der Waals surface area contributed by atoms with Crippen molar-refractivity contribution in [3.63, 3.8) is 0 Å². The van der Waals surface area contributed by atoms with Crippen LogP contribution in [0.25, 0.3) is 11.1 Å². The monoisotopic (exact) mass is 1070 g/mol. The molecule has 3 N–H and O–H groups in total. The quantitative estimate of drug-likeness (QED) is 0.0587. The Bertz CT molecular complexity index is 3410. The van der Waals surface area contributed by atoms with E-state index in [4.69, 9.17) is 19.3 Å². The number of hydrogen-bond acceptors (Lipinski definition) is 5. The van der Waals surface area contributed by atoms with Gasteiger partial charge in [-0.05, 0) is 149 Å². The van der Waals surface area contributed by atoms with Gasteiger partial charge in [-0.15, -0.1) is 0 Å². The fourth-order valence-corrected chi connectivity index (χ4v) is 9.68. The van der Waals surface area contributed by atoms with Gasteiger partial charge in [0.05, 0.1) is 4.90 Å². The van der Waals surface area contributed by atoms with Crippen LogP contribution in [0.5, 0.6) is 34.5 Å². The molecular weight excluding hydrogens is 1010 g/mol. The summed E-state index contributed by atoms with van der Waals surface area (Å²) in [6.45, 7) is 13.9. The van der Waals surface area contributed by atoms with Crippen LogP contribution >= 0.6 is 0 Å². The molecule has 0 fully saturated rings. The Morgan fingerprint density at radius 1 is 0.455 bits per heavy atom. The predicted molar refractivity (Wildman–Crippen MR) is 288 cm³/mol. The third kappa shape index (κ3) is 12.2. The maximum Gasteiger partial charge on any atom is 0.411 e. The maximum atomic E-state index is 15.2. The molecule has 0 heterocycles. The van der Waals surface area contributed by atoms with Crippen LogP contribution in [0.2, 0.25) is 0 Å². The molecule has 0 unspecified atom stereocenters. The van der Waals surface area contributed by atoms with Crippen LogP contribution in [0.4, 0.5) is 26.3 Å². The van der Waals surface area contributed by atoms with E-state index >= 15 is 26.3 Å². The van der Waals surface area contributed by atoms with Gasteiger partial charge in [0, 0.05) is 23.1 Å². The van der Waals surface area contributed by atoms with Crippen molar-refractivity contribution >= 4 is 10.1 Å². The zero-order valence-corrected chi connectivity index (χ0v) is 44.3. The number of hydrogen-bond donors (Lipinski definition) is 1. The first kappa shape index (κ1) is 55.7. The molecule has 0 aliphatic carbocycles. The SMILES string of the molecule is CC(C)(C)c1ccc(Cc2ccc(Oc3ccc(C(c4ccc(OC(C)(C)C(C)(C)c5ccc(Cc6ccc(Oc7ccc([OH2+])cc7-c7ccc(S(=O)(=O)O)cc7)cc6)cc5)cc4)(C(F)(F)F)C(F)(F)F)cc3)cc2)cc1. The van der Waals surface area contributed by atoms with E-state index in [1.165, 1.54) is 29.8 Å². The number of halogens is 6. The molecule has 0 saturated heterocycles. The third-order valence-corrected chi connectivity index (χ3v) is 15.2. The Balaban J connectivity index is 0.920. The van der Waals surface area contributed by atoms with Gasteiger partial charge >= 0.3 is 12.4 Å². The van der Waals surface area contributed by atoms with Crippen molar-refractivity contribution in [1.82, 2.24) is 0 Å². The molecule has 0 aliphatic heterocycles.